The van der Waals surface area contributed by atoms with Crippen LogP contribution in [0.3, 0.4) is 0 Å². The third-order valence-corrected chi connectivity index (χ3v) is 12.1. The quantitative estimate of drug-likeness (QED) is 0.0428. The van der Waals surface area contributed by atoms with Crippen molar-refractivity contribution >= 4 is 74.8 Å². The van der Waals surface area contributed by atoms with Gasteiger partial charge in [0.15, 0.2) is 11.9 Å². The van der Waals surface area contributed by atoms with E-state index in [4.69, 9.17) is 22.9 Å². The molecular weight excluding hydrogens is 919 g/mol. The van der Waals surface area contributed by atoms with Crippen LogP contribution in [-0.2, 0) is 46.4 Å². The Labute approximate surface area is 420 Å². The SMILES string of the molecule is CC(C)C[C@@H]1NC(=O)CNC(=O)[C@@H](Cc2ccc3ccccc3c2)NC(=O)[C@H](CCCN=C(N)N)NC(=O)[C@H](CC(C)C)NC(=O)[C@H](Cc2ccc3ccccc3c2)NC(=O)[C@H](CCCN=C(N)N)NC1=O. The minimum absolute atomic E-state index is 0.00664. The van der Waals surface area contributed by atoms with E-state index in [2.05, 4.69) is 47.2 Å². The van der Waals surface area contributed by atoms with E-state index in [1.807, 2.05) is 113 Å². The van der Waals surface area contributed by atoms with Crippen molar-refractivity contribution in [3.05, 3.63) is 96.1 Å². The number of nitrogens with zero attached hydrogens (tertiary/aromatic N) is 2. The van der Waals surface area contributed by atoms with Gasteiger partial charge in [-0.25, -0.2) is 0 Å². The molecule has 0 spiro atoms. The van der Waals surface area contributed by atoms with E-state index in [0.29, 0.717) is 11.1 Å². The summed E-state index contributed by atoms with van der Waals surface area (Å²) in [5.74, 6) is -5.55. The number of amides is 7. The first-order valence-corrected chi connectivity index (χ1v) is 24.5. The Bertz CT molecular complexity index is 2610. The first-order chi connectivity index (χ1) is 34.3. The van der Waals surface area contributed by atoms with Crippen LogP contribution in [0.2, 0.25) is 0 Å². The van der Waals surface area contributed by atoms with E-state index in [9.17, 15) is 33.6 Å². The number of guanidine groups is 2. The summed E-state index contributed by atoms with van der Waals surface area (Å²) in [7, 11) is 0. The van der Waals surface area contributed by atoms with Crippen molar-refractivity contribution < 1.29 is 33.6 Å². The number of hydrogen-bond donors (Lipinski definition) is 11. The molecule has 1 heterocycles. The zero-order valence-electron chi connectivity index (χ0n) is 41.5. The summed E-state index contributed by atoms with van der Waals surface area (Å²) in [6.45, 7) is 7.11. The maximum atomic E-state index is 14.7. The molecule has 0 radical (unpaired) electrons. The molecule has 72 heavy (non-hydrogen) atoms. The molecule has 0 aliphatic carbocycles. The highest BCUT2D eigenvalue weighted by Crippen LogP contribution is 2.19. The molecule has 6 atom stereocenters. The number of nitrogens with two attached hydrogens (primary N) is 4. The number of nitrogens with one attached hydrogen (secondary N) is 7. The Morgan fingerprint density at radius 2 is 0.833 bits per heavy atom. The molecule has 386 valence electrons. The number of carbonyl (C=O) groups excluding carboxylic acids is 7. The maximum absolute atomic E-state index is 14.7. The van der Waals surface area contributed by atoms with Crippen molar-refractivity contribution in [1.82, 2.24) is 37.2 Å². The van der Waals surface area contributed by atoms with Crippen LogP contribution in [-0.4, -0.2) is 109 Å². The van der Waals surface area contributed by atoms with Gasteiger partial charge in [0, 0.05) is 25.9 Å². The molecule has 5 rings (SSSR count). The van der Waals surface area contributed by atoms with Crippen molar-refractivity contribution in [2.24, 2.45) is 44.8 Å². The van der Waals surface area contributed by atoms with Crippen molar-refractivity contribution in [2.45, 2.75) is 115 Å². The topological polar surface area (TPSA) is 332 Å². The number of fused-ring (bicyclic) bond motifs is 2. The van der Waals surface area contributed by atoms with E-state index in [-0.39, 0.29) is 88.2 Å². The lowest BCUT2D eigenvalue weighted by molar-refractivity contribution is -0.135. The van der Waals surface area contributed by atoms with E-state index in [0.717, 1.165) is 21.5 Å². The Balaban J connectivity index is 1.57. The normalized spacial score (nSPS) is 21.1. The third-order valence-electron chi connectivity index (χ3n) is 12.1. The summed E-state index contributed by atoms with van der Waals surface area (Å²) in [6.07, 6.45) is 0.780. The standard InChI is InChI=1S/C52H71N13O7/c1-30(2)23-40-48(70)61-39(16-10-22-58-52(55)56)47(69)65-43(28-33-18-20-35-12-6-8-14-37(35)26-33)50(72)63-41(24-31(3)4)49(71)62-38(15-9-21-57-51(53)54)46(68)64-42(45(67)59-29-44(66)60-40)27-32-17-19-34-11-5-7-13-36(34)25-32/h5-8,11-14,17-20,25-26,30-31,38-43H,9-10,15-16,21-24,27-29H2,1-4H3,(H,59,67)(H,60,66)(H,61,70)(H,62,71)(H,63,72)(H,64,68)(H,65,69)(H4,53,54,57)(H4,55,56,58)/t38-,39-,40-,41-,42+,43-/m0/s1. The third kappa shape index (κ3) is 17.6. The van der Waals surface area contributed by atoms with Gasteiger partial charge in [0.25, 0.3) is 0 Å². The second-order valence-electron chi connectivity index (χ2n) is 19.1. The van der Waals surface area contributed by atoms with Crippen LogP contribution in [0.15, 0.2) is 94.9 Å². The molecule has 20 heteroatoms. The van der Waals surface area contributed by atoms with Crippen molar-refractivity contribution in [3.8, 4) is 0 Å². The van der Waals surface area contributed by atoms with Gasteiger partial charge in [-0.1, -0.05) is 113 Å². The lowest BCUT2D eigenvalue weighted by Gasteiger charge is -2.28. The van der Waals surface area contributed by atoms with Crippen LogP contribution in [0, 0.1) is 11.8 Å². The average Bonchev–Trinajstić information content (AvgIpc) is 3.33. The number of carbonyl (C=O) groups is 7. The summed E-state index contributed by atoms with van der Waals surface area (Å²) in [5.41, 5.74) is 23.7. The molecule has 7 amide bonds. The lowest BCUT2D eigenvalue weighted by Crippen LogP contribution is -2.60. The van der Waals surface area contributed by atoms with E-state index in [1.54, 1.807) is 0 Å². The summed E-state index contributed by atoms with van der Waals surface area (Å²) >= 11 is 0. The lowest BCUT2D eigenvalue weighted by atomic mass is 9.98. The number of hydrogen-bond acceptors (Lipinski definition) is 9. The zero-order valence-corrected chi connectivity index (χ0v) is 41.5. The average molecular weight is 990 g/mol. The van der Waals surface area contributed by atoms with Gasteiger partial charge in [0.1, 0.15) is 36.3 Å². The number of benzene rings is 4. The Morgan fingerprint density at radius 1 is 0.472 bits per heavy atom. The Kier molecular flexibility index (Phi) is 20.7. The fraction of sp³-hybridized carbons (Fsp3) is 0.442. The first kappa shape index (κ1) is 55.2. The second kappa shape index (κ2) is 27.0. The number of aliphatic imine (C=N–C) groups is 2. The minimum Gasteiger partial charge on any atom is -0.370 e. The fourth-order valence-corrected chi connectivity index (χ4v) is 8.47. The van der Waals surface area contributed by atoms with Crippen LogP contribution >= 0.6 is 0 Å². The van der Waals surface area contributed by atoms with Crippen LogP contribution in [0.4, 0.5) is 0 Å². The summed E-state index contributed by atoms with van der Waals surface area (Å²) in [4.78, 5) is 108. The molecule has 0 saturated carbocycles. The van der Waals surface area contributed by atoms with Crippen LogP contribution in [0.1, 0.15) is 77.3 Å². The maximum Gasteiger partial charge on any atom is 0.243 e. The van der Waals surface area contributed by atoms with Crippen molar-refractivity contribution in [3.63, 3.8) is 0 Å². The van der Waals surface area contributed by atoms with Gasteiger partial charge in [-0.2, -0.15) is 0 Å². The van der Waals surface area contributed by atoms with Gasteiger partial charge >= 0.3 is 0 Å². The van der Waals surface area contributed by atoms with E-state index >= 15 is 0 Å². The second-order valence-corrected chi connectivity index (χ2v) is 19.1. The van der Waals surface area contributed by atoms with Gasteiger partial charge in [0.2, 0.25) is 41.4 Å². The Hall–Kier alpha value is -7.77. The molecule has 1 saturated heterocycles. The molecular formula is C52H71N13O7. The van der Waals surface area contributed by atoms with Crippen LogP contribution in [0.25, 0.3) is 21.5 Å². The van der Waals surface area contributed by atoms with Crippen molar-refractivity contribution in [1.29, 1.82) is 0 Å². The highest BCUT2D eigenvalue weighted by atomic mass is 16.2. The summed E-state index contributed by atoms with van der Waals surface area (Å²) in [6, 6.07) is 19.2. The predicted octanol–water partition coefficient (Wildman–Crippen LogP) is 1.02. The smallest absolute Gasteiger partial charge is 0.243 e. The fourth-order valence-electron chi connectivity index (χ4n) is 8.47. The number of rotatable bonds is 16. The van der Waals surface area contributed by atoms with Gasteiger partial charge in [0.05, 0.1) is 6.54 Å². The minimum atomic E-state index is -1.29. The molecule has 1 fully saturated rings. The van der Waals surface area contributed by atoms with E-state index < -0.39 is 84.1 Å². The summed E-state index contributed by atoms with van der Waals surface area (Å²) in [5, 5.41) is 23.2. The molecule has 1 aliphatic rings. The zero-order chi connectivity index (χ0) is 52.3. The highest BCUT2D eigenvalue weighted by molar-refractivity contribution is 5.98. The molecule has 0 bridgehead atoms. The van der Waals surface area contributed by atoms with E-state index in [1.165, 1.54) is 0 Å². The van der Waals surface area contributed by atoms with Crippen LogP contribution in [0.5, 0.6) is 0 Å². The first-order valence-electron chi connectivity index (χ1n) is 24.5. The highest BCUT2D eigenvalue weighted by Gasteiger charge is 2.34. The largest absolute Gasteiger partial charge is 0.370 e. The summed E-state index contributed by atoms with van der Waals surface area (Å²) < 4.78 is 0. The van der Waals surface area contributed by atoms with Crippen molar-refractivity contribution in [2.75, 3.05) is 19.6 Å². The van der Waals surface area contributed by atoms with Crippen LogP contribution < -0.4 is 60.2 Å². The molecule has 0 unspecified atom stereocenters. The molecule has 4 aromatic rings. The van der Waals surface area contributed by atoms with Gasteiger partial charge < -0.3 is 60.2 Å². The van der Waals surface area contributed by atoms with Gasteiger partial charge in [-0.15, -0.1) is 0 Å². The monoisotopic (exact) mass is 990 g/mol. The molecule has 1 aliphatic heterocycles. The van der Waals surface area contributed by atoms with Gasteiger partial charge in [-0.05, 0) is 83.0 Å². The molecule has 15 N–H and O–H groups in total. The molecule has 20 nitrogen and oxygen atoms in total. The Morgan fingerprint density at radius 3 is 1.26 bits per heavy atom. The predicted molar refractivity (Wildman–Crippen MR) is 279 cm³/mol. The van der Waals surface area contributed by atoms with Gasteiger partial charge in [-0.3, -0.25) is 43.5 Å². The molecule has 4 aromatic carbocycles. The molecule has 0 aromatic heterocycles.